The van der Waals surface area contributed by atoms with Crippen LogP contribution in [0.3, 0.4) is 0 Å². The van der Waals surface area contributed by atoms with Gasteiger partial charge in [0.25, 0.3) is 11.5 Å². The molecule has 5 rings (SSSR count). The van der Waals surface area contributed by atoms with E-state index in [0.29, 0.717) is 22.4 Å². The number of carbonyl (C=O) groups is 3. The van der Waals surface area contributed by atoms with Crippen molar-refractivity contribution in [3.63, 3.8) is 0 Å². The lowest BCUT2D eigenvalue weighted by Gasteiger charge is -2.16. The van der Waals surface area contributed by atoms with Gasteiger partial charge in [-0.3, -0.25) is 19.4 Å². The Morgan fingerprint density at radius 2 is 1.77 bits per heavy atom. The monoisotopic (exact) mass is 616 g/mol. The first kappa shape index (κ1) is 29.4. The summed E-state index contributed by atoms with van der Waals surface area (Å²) in [6.45, 7) is 0.0820. The molecule has 0 atom stereocenters. The summed E-state index contributed by atoms with van der Waals surface area (Å²) in [5.74, 6) is -1.69. The van der Waals surface area contributed by atoms with Crippen LogP contribution in [-0.4, -0.2) is 56.2 Å². The van der Waals surface area contributed by atoms with Crippen molar-refractivity contribution in [3.05, 3.63) is 116 Å². The van der Waals surface area contributed by atoms with Crippen molar-refractivity contribution in [1.82, 2.24) is 19.3 Å². The van der Waals surface area contributed by atoms with E-state index in [2.05, 4.69) is 15.4 Å². The van der Waals surface area contributed by atoms with E-state index in [9.17, 15) is 24.3 Å². The number of nitrogens with zero attached hydrogens (tertiary/aromatic N) is 5. The zero-order valence-electron chi connectivity index (χ0n) is 23.0. The molecular formula is C30H25ClN6O5S. The highest BCUT2D eigenvalue weighted by atomic mass is 35.5. The number of aromatic carboxylic acids is 1. The maximum Gasteiger partial charge on any atom is 0.335 e. The molecule has 0 spiro atoms. The highest BCUT2D eigenvalue weighted by molar-refractivity contribution is 7.16. The summed E-state index contributed by atoms with van der Waals surface area (Å²) in [4.78, 5) is 58.3. The summed E-state index contributed by atoms with van der Waals surface area (Å²) >= 11 is 7.45. The normalized spacial score (nSPS) is 10.9. The molecule has 5 aromatic rings. The van der Waals surface area contributed by atoms with Crippen LogP contribution in [0.2, 0.25) is 4.34 Å². The fourth-order valence-corrected chi connectivity index (χ4v) is 5.25. The van der Waals surface area contributed by atoms with Gasteiger partial charge in [0.2, 0.25) is 5.78 Å². The Balaban J connectivity index is 1.57. The number of aromatic nitrogens is 4. The first-order valence-corrected chi connectivity index (χ1v) is 14.1. The SMILES string of the molecule is CN(C)c1cc(-c2cc(NCc3ccc(Cl)s3)n(C(=O)c3ccc(C(=O)O)cc3)n2)c(=O)n(CC(=O)c2ccccn2)c1. The molecule has 13 heteroatoms. The van der Waals surface area contributed by atoms with E-state index in [1.54, 1.807) is 61.6 Å². The lowest BCUT2D eigenvalue weighted by Crippen LogP contribution is -2.27. The summed E-state index contributed by atoms with van der Waals surface area (Å²) in [5.41, 5.74) is 1.00. The summed E-state index contributed by atoms with van der Waals surface area (Å²) < 4.78 is 3.04. The van der Waals surface area contributed by atoms with Gasteiger partial charge in [0.05, 0.1) is 34.2 Å². The van der Waals surface area contributed by atoms with E-state index in [-0.39, 0.29) is 40.4 Å². The van der Waals surface area contributed by atoms with Gasteiger partial charge in [-0.1, -0.05) is 17.7 Å². The van der Waals surface area contributed by atoms with Gasteiger partial charge in [-0.05, 0) is 54.6 Å². The fourth-order valence-electron chi connectivity index (χ4n) is 4.22. The van der Waals surface area contributed by atoms with Gasteiger partial charge in [-0.25, -0.2) is 4.79 Å². The average Bonchev–Trinajstić information content (AvgIpc) is 3.62. The van der Waals surface area contributed by atoms with Crippen LogP contribution in [0.4, 0.5) is 11.5 Å². The minimum atomic E-state index is -1.11. The fraction of sp³-hybridized carbons (Fsp3) is 0.133. The van der Waals surface area contributed by atoms with E-state index >= 15 is 0 Å². The number of hydrogen-bond acceptors (Lipinski definition) is 9. The number of Topliss-reactive ketones (excluding diaryl/α,β-unsaturated/α-hetero) is 1. The number of carbonyl (C=O) groups excluding carboxylic acids is 2. The Morgan fingerprint density at radius 3 is 2.40 bits per heavy atom. The third kappa shape index (κ3) is 6.55. The maximum atomic E-state index is 13.7. The summed E-state index contributed by atoms with van der Waals surface area (Å²) in [7, 11) is 3.60. The molecule has 1 aromatic carbocycles. The number of thiophene rings is 1. The standard InChI is InChI=1S/C30H25ClN6O5S/c1-35(2)20-13-22(29(40)36(16-20)17-25(38)23-5-3-4-12-32-23)24-14-27(33-15-21-10-11-26(31)43-21)37(34-24)28(39)18-6-8-19(9-7-18)30(41)42/h3-14,16,33H,15,17H2,1-2H3,(H,41,42). The third-order valence-corrected chi connectivity index (χ3v) is 7.71. The predicted octanol–water partition coefficient (Wildman–Crippen LogP) is 4.77. The average molecular weight is 617 g/mol. The van der Waals surface area contributed by atoms with Crippen LogP contribution in [0, 0.1) is 0 Å². The summed E-state index contributed by atoms with van der Waals surface area (Å²) in [5, 5.41) is 16.9. The smallest absolute Gasteiger partial charge is 0.335 e. The van der Waals surface area contributed by atoms with Gasteiger partial charge in [-0.2, -0.15) is 9.78 Å². The van der Waals surface area contributed by atoms with Crippen LogP contribution >= 0.6 is 22.9 Å². The van der Waals surface area contributed by atoms with Crippen molar-refractivity contribution >= 4 is 52.1 Å². The molecule has 0 aliphatic rings. The number of anilines is 2. The van der Waals surface area contributed by atoms with Gasteiger partial charge in [0, 0.05) is 43.0 Å². The van der Waals surface area contributed by atoms with E-state index in [0.717, 1.165) is 9.56 Å². The number of pyridine rings is 2. The Hall–Kier alpha value is -5.07. The number of halogens is 1. The molecule has 0 fully saturated rings. The number of nitrogens with one attached hydrogen (secondary N) is 1. The van der Waals surface area contributed by atoms with E-state index < -0.39 is 17.4 Å². The Morgan fingerprint density at radius 1 is 1.02 bits per heavy atom. The van der Waals surface area contributed by atoms with Gasteiger partial charge in [-0.15, -0.1) is 11.3 Å². The maximum absolute atomic E-state index is 13.7. The molecule has 2 N–H and O–H groups in total. The number of rotatable bonds is 10. The molecule has 0 radical (unpaired) electrons. The Kier molecular flexibility index (Phi) is 8.51. The largest absolute Gasteiger partial charge is 0.478 e. The van der Waals surface area contributed by atoms with Crippen molar-refractivity contribution in [2.45, 2.75) is 13.1 Å². The van der Waals surface area contributed by atoms with Crippen LogP contribution in [0.1, 0.15) is 36.1 Å². The van der Waals surface area contributed by atoms with Gasteiger partial charge in [0.1, 0.15) is 17.2 Å². The predicted molar refractivity (Wildman–Crippen MR) is 165 cm³/mol. The lowest BCUT2D eigenvalue weighted by atomic mass is 10.1. The summed E-state index contributed by atoms with van der Waals surface area (Å²) in [6.07, 6.45) is 3.09. The van der Waals surface area contributed by atoms with Gasteiger partial charge in [0.15, 0.2) is 0 Å². The zero-order chi connectivity index (χ0) is 30.7. The number of carboxylic acid groups (broad SMARTS) is 1. The summed E-state index contributed by atoms with van der Waals surface area (Å²) in [6, 6.07) is 17.3. The Bertz CT molecular complexity index is 1880. The molecule has 4 heterocycles. The molecule has 11 nitrogen and oxygen atoms in total. The highest BCUT2D eigenvalue weighted by Gasteiger charge is 2.21. The van der Waals surface area contributed by atoms with E-state index in [4.69, 9.17) is 11.6 Å². The van der Waals surface area contributed by atoms with Crippen molar-refractivity contribution in [3.8, 4) is 11.3 Å². The van der Waals surface area contributed by atoms with Crippen LogP contribution in [0.15, 0.2) is 83.9 Å². The van der Waals surface area contributed by atoms with Gasteiger partial charge < -0.3 is 19.9 Å². The van der Waals surface area contributed by atoms with Crippen molar-refractivity contribution in [1.29, 1.82) is 0 Å². The molecule has 43 heavy (non-hydrogen) atoms. The second kappa shape index (κ2) is 12.4. The zero-order valence-corrected chi connectivity index (χ0v) is 24.6. The van der Waals surface area contributed by atoms with E-state index in [1.807, 2.05) is 6.07 Å². The molecule has 4 aromatic heterocycles. The molecule has 0 saturated carbocycles. The van der Waals surface area contributed by atoms with Crippen LogP contribution in [-0.2, 0) is 13.1 Å². The second-order valence-corrected chi connectivity index (χ2v) is 11.5. The molecule has 0 aliphatic heterocycles. The number of carboxylic acids is 1. The van der Waals surface area contributed by atoms with Crippen molar-refractivity contribution in [2.75, 3.05) is 24.3 Å². The quantitative estimate of drug-likeness (QED) is 0.212. The molecule has 0 amide bonds. The van der Waals surface area contributed by atoms with Crippen molar-refractivity contribution in [2.24, 2.45) is 0 Å². The Labute approximate surface area is 254 Å². The van der Waals surface area contributed by atoms with E-state index in [1.165, 1.54) is 46.4 Å². The number of ketones is 1. The first-order valence-electron chi connectivity index (χ1n) is 12.9. The second-order valence-electron chi connectivity index (χ2n) is 9.65. The number of benzene rings is 1. The van der Waals surface area contributed by atoms with Crippen LogP contribution in [0.25, 0.3) is 11.3 Å². The number of hydrogen-bond donors (Lipinski definition) is 2. The molecule has 0 aliphatic carbocycles. The first-order chi connectivity index (χ1) is 20.6. The van der Waals surface area contributed by atoms with Gasteiger partial charge >= 0.3 is 5.97 Å². The minimum absolute atomic E-state index is 0.0342. The van der Waals surface area contributed by atoms with Crippen molar-refractivity contribution < 1.29 is 19.5 Å². The lowest BCUT2D eigenvalue weighted by molar-refractivity contribution is 0.0696. The molecule has 218 valence electrons. The topological polar surface area (TPSA) is 139 Å². The molecule has 0 bridgehead atoms. The molecule has 0 saturated heterocycles. The third-order valence-electron chi connectivity index (χ3n) is 6.48. The molecule has 0 unspecified atom stereocenters. The highest BCUT2D eigenvalue weighted by Crippen LogP contribution is 2.26. The molecular weight excluding hydrogens is 592 g/mol. The van der Waals surface area contributed by atoms with Crippen LogP contribution < -0.4 is 15.8 Å². The van der Waals surface area contributed by atoms with Crippen LogP contribution in [0.5, 0.6) is 0 Å². The minimum Gasteiger partial charge on any atom is -0.478 e.